The Labute approximate surface area is 437 Å². The van der Waals surface area contributed by atoms with E-state index in [9.17, 15) is 14.4 Å². The molecule has 2 heterocycles. The van der Waals surface area contributed by atoms with Crippen LogP contribution in [0.5, 0.6) is 34.5 Å². The highest BCUT2D eigenvalue weighted by Gasteiger charge is 2.30. The highest BCUT2D eigenvalue weighted by atomic mass is 16.5. The molecule has 1 amide bonds. The number of ether oxygens (including phenoxy) is 7. The lowest BCUT2D eigenvalue weighted by Gasteiger charge is -2.20. The van der Waals surface area contributed by atoms with Gasteiger partial charge < -0.3 is 54.4 Å². The van der Waals surface area contributed by atoms with Gasteiger partial charge in [0.25, 0.3) is 0 Å². The van der Waals surface area contributed by atoms with Crippen molar-refractivity contribution in [2.24, 2.45) is 0 Å². The summed E-state index contributed by atoms with van der Waals surface area (Å²) in [6, 6.07) is 21.9. The third-order valence-electron chi connectivity index (χ3n) is 12.8. The molecule has 0 aliphatic heterocycles. The molecule has 20 heteroatoms. The first-order chi connectivity index (χ1) is 36.6. The van der Waals surface area contributed by atoms with Crippen molar-refractivity contribution >= 4 is 29.7 Å². The van der Waals surface area contributed by atoms with Crippen molar-refractivity contribution in [2.45, 2.75) is 96.3 Å². The summed E-state index contributed by atoms with van der Waals surface area (Å²) in [5, 5.41) is 21.5. The number of aryl methyl sites for hydroxylation is 3. The van der Waals surface area contributed by atoms with Gasteiger partial charge in [0.15, 0.2) is 17.2 Å². The smallest absolute Gasteiger partial charge is 0.305 e. The zero-order valence-electron chi connectivity index (χ0n) is 43.7. The van der Waals surface area contributed by atoms with Crippen molar-refractivity contribution in [2.75, 3.05) is 71.8 Å². The van der Waals surface area contributed by atoms with Crippen molar-refractivity contribution in [1.29, 1.82) is 0 Å². The van der Waals surface area contributed by atoms with Gasteiger partial charge in [0, 0.05) is 37.7 Å². The van der Waals surface area contributed by atoms with Crippen LogP contribution in [0, 0.1) is 0 Å². The molecule has 1 atom stereocenters. The predicted molar refractivity (Wildman–Crippen MR) is 284 cm³/mol. The molecule has 0 bridgehead atoms. The summed E-state index contributed by atoms with van der Waals surface area (Å²) in [4.78, 5) is 53.0. The van der Waals surface area contributed by atoms with Gasteiger partial charge in [-0.1, -0.05) is 61.2 Å². The number of nitrogens with one attached hydrogen (secondary N) is 4. The maximum absolute atomic E-state index is 13.5. The van der Waals surface area contributed by atoms with Crippen molar-refractivity contribution in [3.05, 3.63) is 117 Å². The van der Waals surface area contributed by atoms with Gasteiger partial charge in [0.2, 0.25) is 34.9 Å². The normalized spacial score (nSPS) is 12.5. The molecule has 0 fully saturated rings. The summed E-state index contributed by atoms with van der Waals surface area (Å²) >= 11 is 0. The number of hydrogen-bond donors (Lipinski definition) is 4. The van der Waals surface area contributed by atoms with Gasteiger partial charge in [-0.25, -0.2) is 0 Å². The van der Waals surface area contributed by atoms with Crippen LogP contribution in [0.15, 0.2) is 83.8 Å². The largest absolute Gasteiger partial charge is 0.497 e. The number of unbranched alkanes of at least 4 members (excludes halogenated alkanes) is 5. The molecule has 7 rings (SSSR count). The molecular weight excluding hydrogens is 961 g/mol. The van der Waals surface area contributed by atoms with Crippen LogP contribution in [0.2, 0.25) is 0 Å². The van der Waals surface area contributed by atoms with Gasteiger partial charge in [0.05, 0.1) is 67.5 Å². The fraction of sp³-hybridized carbons (Fsp3) is 0.418. The van der Waals surface area contributed by atoms with E-state index in [4.69, 9.17) is 33.2 Å². The molecule has 20 nitrogen and oxygen atoms in total. The van der Waals surface area contributed by atoms with Crippen molar-refractivity contribution in [1.82, 2.24) is 35.3 Å². The molecule has 1 aliphatic carbocycles. The van der Waals surface area contributed by atoms with E-state index in [0.29, 0.717) is 86.1 Å². The number of aromatic nitrogens is 6. The van der Waals surface area contributed by atoms with Crippen LogP contribution in [0.1, 0.15) is 91.8 Å². The molecule has 1 aliphatic rings. The third kappa shape index (κ3) is 15.4. The van der Waals surface area contributed by atoms with Gasteiger partial charge in [-0.3, -0.25) is 19.1 Å². The predicted octanol–water partition coefficient (Wildman–Crippen LogP) is 7.89. The van der Waals surface area contributed by atoms with Crippen molar-refractivity contribution in [3.8, 4) is 45.6 Å². The number of esters is 1. The Balaban J connectivity index is 0.792. The SMILES string of the molecule is COc1ccc(CNc2nc(NCCOC(=O)CCCCCCCCc3cn(CCC(=O)N[C@H]4CCc5cc(OC)c(OC)c(OC)c5-c5ccc(OC)c(=O)cc54)nn3)nc(NCc3ccc(OC)cc3)n2)cc1. The van der Waals surface area contributed by atoms with Crippen LogP contribution in [0.4, 0.5) is 17.8 Å². The number of fused-ring (bicyclic) bond motifs is 3. The quantitative estimate of drug-likeness (QED) is 0.0258. The van der Waals surface area contributed by atoms with E-state index in [0.717, 1.165) is 90.0 Å². The fourth-order valence-corrected chi connectivity index (χ4v) is 8.81. The lowest BCUT2D eigenvalue weighted by molar-refractivity contribution is -0.143. The summed E-state index contributed by atoms with van der Waals surface area (Å²) in [5.74, 6) is 3.86. The zero-order chi connectivity index (χ0) is 52.9. The first kappa shape index (κ1) is 54.6. The van der Waals surface area contributed by atoms with E-state index < -0.39 is 6.04 Å². The molecule has 398 valence electrons. The maximum atomic E-state index is 13.5. The number of carbonyl (C=O) groups excluding carboxylic acids is 2. The molecule has 0 saturated carbocycles. The van der Waals surface area contributed by atoms with Crippen LogP contribution in [-0.2, 0) is 46.8 Å². The number of methoxy groups -OCH3 is 6. The average Bonchev–Trinajstić information content (AvgIpc) is 3.76. The number of benzene rings is 3. The van der Waals surface area contributed by atoms with E-state index in [2.05, 4.69) is 46.5 Å². The van der Waals surface area contributed by atoms with Crippen molar-refractivity contribution < 1.29 is 42.7 Å². The lowest BCUT2D eigenvalue weighted by Crippen LogP contribution is -2.29. The first-order valence-electron chi connectivity index (χ1n) is 25.2. The van der Waals surface area contributed by atoms with E-state index in [-0.39, 0.29) is 36.1 Å². The molecular formula is C55H68N10O10. The second-order valence-electron chi connectivity index (χ2n) is 17.8. The van der Waals surface area contributed by atoms with Crippen LogP contribution in [0.3, 0.4) is 0 Å². The molecule has 0 unspecified atom stereocenters. The highest BCUT2D eigenvalue weighted by Crippen LogP contribution is 2.50. The van der Waals surface area contributed by atoms with Crippen LogP contribution < -0.4 is 55.1 Å². The molecule has 4 aromatic carbocycles. The fourth-order valence-electron chi connectivity index (χ4n) is 8.81. The number of hydrogen-bond acceptors (Lipinski definition) is 18. The van der Waals surface area contributed by atoms with Crippen LogP contribution in [0.25, 0.3) is 11.1 Å². The molecule has 6 aromatic rings. The van der Waals surface area contributed by atoms with Gasteiger partial charge in [0.1, 0.15) is 18.1 Å². The highest BCUT2D eigenvalue weighted by molar-refractivity contribution is 5.84. The topological polar surface area (TPSA) is 233 Å². The Hall–Kier alpha value is -8.16. The molecule has 0 saturated heterocycles. The number of amides is 1. The number of rotatable bonds is 29. The Morgan fingerprint density at radius 2 is 1.27 bits per heavy atom. The van der Waals surface area contributed by atoms with E-state index in [1.165, 1.54) is 13.2 Å². The van der Waals surface area contributed by atoms with E-state index >= 15 is 0 Å². The second-order valence-corrected chi connectivity index (χ2v) is 17.8. The van der Waals surface area contributed by atoms with Gasteiger partial charge >= 0.3 is 5.97 Å². The molecule has 2 aromatic heterocycles. The Kier molecular flexibility index (Phi) is 20.2. The summed E-state index contributed by atoms with van der Waals surface area (Å²) in [6.07, 6.45) is 9.98. The van der Waals surface area contributed by atoms with E-state index in [1.54, 1.807) is 46.3 Å². The Morgan fingerprint density at radius 3 is 1.88 bits per heavy atom. The monoisotopic (exact) mass is 1030 g/mol. The van der Waals surface area contributed by atoms with Crippen molar-refractivity contribution in [3.63, 3.8) is 0 Å². The average molecular weight is 1030 g/mol. The summed E-state index contributed by atoms with van der Waals surface area (Å²) in [5.41, 5.74) is 5.70. The lowest BCUT2D eigenvalue weighted by atomic mass is 9.95. The summed E-state index contributed by atoms with van der Waals surface area (Å²) in [7, 11) is 9.40. The Morgan fingerprint density at radius 1 is 0.653 bits per heavy atom. The van der Waals surface area contributed by atoms with Crippen LogP contribution >= 0.6 is 0 Å². The van der Waals surface area contributed by atoms with Gasteiger partial charge in [-0.15, -0.1) is 5.10 Å². The summed E-state index contributed by atoms with van der Waals surface area (Å²) in [6.45, 7) is 1.82. The second kappa shape index (κ2) is 27.8. The third-order valence-corrected chi connectivity index (χ3v) is 12.8. The van der Waals surface area contributed by atoms with Gasteiger partial charge in [-0.05, 0) is 102 Å². The standard InChI is InChI=1S/C55H68N10O10/c1-69-40-20-15-36(16-21-40)33-57-54-60-53(61-55(62-54)58-34-37-17-22-41(70-2)23-18-37)56-28-30-75-49(68)14-12-10-8-7-9-11-13-39-35-65(64-63-39)29-27-48(67)59-44-25-19-38-31-47(72-4)51(73-5)52(74-6)50(38)42-24-26-46(71-3)45(66)32-43(42)44/h15-18,20-24,26,31-32,35,44H,7-14,19,25,27-30,33-34H2,1-6H3,(H,59,67)(H3,56,57,58,60,61,62)/t44-/m0/s1. The number of carbonyl (C=O) groups is 2. The maximum Gasteiger partial charge on any atom is 0.305 e. The number of nitrogens with zero attached hydrogens (tertiary/aromatic N) is 6. The van der Waals surface area contributed by atoms with E-state index in [1.807, 2.05) is 66.9 Å². The van der Waals surface area contributed by atoms with Gasteiger partial charge in [-0.2, -0.15) is 15.0 Å². The Bertz CT molecular complexity index is 2810. The molecule has 0 radical (unpaired) electrons. The molecule has 75 heavy (non-hydrogen) atoms. The molecule has 0 spiro atoms. The first-order valence-corrected chi connectivity index (χ1v) is 25.2. The number of anilines is 3. The minimum absolute atomic E-state index is 0.166. The molecule has 4 N–H and O–H groups in total. The zero-order valence-corrected chi connectivity index (χ0v) is 43.7. The minimum Gasteiger partial charge on any atom is -0.497 e. The minimum atomic E-state index is -0.472. The van der Waals surface area contributed by atoms with Crippen LogP contribution in [-0.4, -0.2) is 97.6 Å². The summed E-state index contributed by atoms with van der Waals surface area (Å²) < 4.78 is 40.3.